The summed E-state index contributed by atoms with van der Waals surface area (Å²) in [6.07, 6.45) is 3.18. The van der Waals surface area contributed by atoms with Gasteiger partial charge in [0.25, 0.3) is 0 Å². The van der Waals surface area contributed by atoms with Crippen LogP contribution in [-0.4, -0.2) is 20.6 Å². The summed E-state index contributed by atoms with van der Waals surface area (Å²) >= 11 is 7.21. The molecule has 1 aromatic carbocycles. The molecule has 1 aliphatic carbocycles. The maximum absolute atomic E-state index is 14.2. The van der Waals surface area contributed by atoms with Crippen LogP contribution in [0.1, 0.15) is 32.2 Å². The summed E-state index contributed by atoms with van der Waals surface area (Å²) in [7, 11) is 0. The molecule has 1 aromatic heterocycles. The van der Waals surface area contributed by atoms with E-state index in [2.05, 4.69) is 11.9 Å². The van der Waals surface area contributed by atoms with Crippen LogP contribution < -0.4 is 0 Å². The molecule has 108 valence electrons. The first-order valence-corrected chi connectivity index (χ1v) is 8.29. The van der Waals surface area contributed by atoms with Crippen molar-refractivity contribution in [3.63, 3.8) is 0 Å². The quantitative estimate of drug-likeness (QED) is 0.820. The SMILES string of the molecule is CCSC1CCCC1n1c(=S)[nH]c2ccc(F)c(F)c21. The minimum Gasteiger partial charge on any atom is -0.330 e. The number of aromatic amines is 1. The van der Waals surface area contributed by atoms with Gasteiger partial charge in [-0.25, -0.2) is 8.78 Å². The van der Waals surface area contributed by atoms with E-state index < -0.39 is 11.6 Å². The molecular weight excluding hydrogens is 298 g/mol. The van der Waals surface area contributed by atoms with Gasteiger partial charge in [0.15, 0.2) is 16.4 Å². The van der Waals surface area contributed by atoms with Gasteiger partial charge in [-0.2, -0.15) is 11.8 Å². The van der Waals surface area contributed by atoms with Crippen LogP contribution in [0, 0.1) is 16.4 Å². The lowest BCUT2D eigenvalue weighted by Gasteiger charge is -2.21. The van der Waals surface area contributed by atoms with Crippen LogP contribution in [0.2, 0.25) is 0 Å². The lowest BCUT2D eigenvalue weighted by Crippen LogP contribution is -2.17. The fourth-order valence-electron chi connectivity index (χ4n) is 3.08. The first kappa shape index (κ1) is 14.1. The number of aromatic nitrogens is 2. The highest BCUT2D eigenvalue weighted by atomic mass is 32.2. The first-order valence-electron chi connectivity index (χ1n) is 6.83. The molecule has 6 heteroatoms. The average Bonchev–Trinajstić information content (AvgIpc) is 2.98. The van der Waals surface area contributed by atoms with E-state index in [4.69, 9.17) is 12.2 Å². The summed E-state index contributed by atoms with van der Waals surface area (Å²) in [6, 6.07) is 2.84. The zero-order chi connectivity index (χ0) is 14.3. The van der Waals surface area contributed by atoms with Crippen molar-refractivity contribution >= 4 is 35.0 Å². The largest absolute Gasteiger partial charge is 0.330 e. The van der Waals surface area contributed by atoms with Gasteiger partial charge in [0.1, 0.15) is 5.52 Å². The van der Waals surface area contributed by atoms with Gasteiger partial charge in [-0.1, -0.05) is 13.3 Å². The van der Waals surface area contributed by atoms with E-state index >= 15 is 0 Å². The predicted molar refractivity (Wildman–Crippen MR) is 81.8 cm³/mol. The van der Waals surface area contributed by atoms with Crippen molar-refractivity contribution in [2.45, 2.75) is 37.5 Å². The Morgan fingerprint density at radius 3 is 2.95 bits per heavy atom. The molecule has 1 aliphatic rings. The molecule has 0 saturated heterocycles. The van der Waals surface area contributed by atoms with Gasteiger partial charge in [-0.3, -0.25) is 0 Å². The van der Waals surface area contributed by atoms with E-state index in [0.717, 1.165) is 31.1 Å². The first-order chi connectivity index (χ1) is 9.63. The number of hydrogen-bond acceptors (Lipinski definition) is 2. The van der Waals surface area contributed by atoms with Crippen LogP contribution in [0.4, 0.5) is 8.78 Å². The summed E-state index contributed by atoms with van der Waals surface area (Å²) in [5.41, 5.74) is 0.852. The van der Waals surface area contributed by atoms with Crippen molar-refractivity contribution in [1.29, 1.82) is 0 Å². The monoisotopic (exact) mass is 314 g/mol. The fraction of sp³-hybridized carbons (Fsp3) is 0.500. The van der Waals surface area contributed by atoms with Crippen molar-refractivity contribution in [1.82, 2.24) is 9.55 Å². The van der Waals surface area contributed by atoms with E-state index in [1.54, 1.807) is 10.6 Å². The molecule has 0 amide bonds. The molecule has 0 aliphatic heterocycles. The molecule has 1 N–H and O–H groups in total. The van der Waals surface area contributed by atoms with E-state index in [9.17, 15) is 8.78 Å². The highest BCUT2D eigenvalue weighted by Gasteiger charge is 2.31. The molecule has 1 fully saturated rings. The number of benzene rings is 1. The van der Waals surface area contributed by atoms with E-state index in [-0.39, 0.29) is 11.6 Å². The smallest absolute Gasteiger partial charge is 0.184 e. The Bertz CT molecular complexity index is 692. The van der Waals surface area contributed by atoms with Gasteiger partial charge in [-0.05, 0) is 42.9 Å². The van der Waals surface area contributed by atoms with E-state index in [0.29, 0.717) is 15.5 Å². The Hall–Kier alpha value is -0.880. The number of rotatable bonds is 3. The topological polar surface area (TPSA) is 20.7 Å². The molecule has 1 saturated carbocycles. The number of halogens is 2. The second-order valence-corrected chi connectivity index (χ2v) is 6.95. The standard InChI is InChI=1S/C14H16F2N2S2/c1-2-20-11-5-3-4-10(11)18-13-9(17-14(18)19)7-6-8(15)12(13)16/h6-7,10-11H,2-5H2,1H3,(H,17,19). The van der Waals surface area contributed by atoms with Crippen molar-refractivity contribution in [3.8, 4) is 0 Å². The molecule has 2 atom stereocenters. The number of imidazole rings is 1. The molecule has 0 radical (unpaired) electrons. The maximum Gasteiger partial charge on any atom is 0.184 e. The third kappa shape index (κ3) is 2.19. The lowest BCUT2D eigenvalue weighted by molar-refractivity contribution is 0.493. The number of hydrogen-bond donors (Lipinski definition) is 1. The van der Waals surface area contributed by atoms with Crippen molar-refractivity contribution in [2.24, 2.45) is 0 Å². The third-order valence-electron chi connectivity index (χ3n) is 3.90. The van der Waals surface area contributed by atoms with Crippen LogP contribution >= 0.6 is 24.0 Å². The summed E-state index contributed by atoms with van der Waals surface area (Å²) in [5.74, 6) is -0.604. The Morgan fingerprint density at radius 2 is 2.20 bits per heavy atom. The van der Waals surface area contributed by atoms with Gasteiger partial charge < -0.3 is 9.55 Å². The minimum absolute atomic E-state index is 0.150. The summed E-state index contributed by atoms with van der Waals surface area (Å²) in [5, 5.41) is 0.424. The number of fused-ring (bicyclic) bond motifs is 1. The molecule has 0 bridgehead atoms. The van der Waals surface area contributed by atoms with Crippen molar-refractivity contribution in [2.75, 3.05) is 5.75 Å². The van der Waals surface area contributed by atoms with Crippen LogP contribution in [-0.2, 0) is 0 Å². The number of thioether (sulfide) groups is 1. The Morgan fingerprint density at radius 1 is 1.40 bits per heavy atom. The second kappa shape index (κ2) is 5.48. The zero-order valence-corrected chi connectivity index (χ0v) is 12.8. The van der Waals surface area contributed by atoms with Crippen LogP contribution in [0.5, 0.6) is 0 Å². The summed E-state index contributed by atoms with van der Waals surface area (Å²) in [4.78, 5) is 3.00. The van der Waals surface area contributed by atoms with Gasteiger partial charge in [0.05, 0.1) is 5.52 Å². The number of H-pyrrole nitrogens is 1. The average molecular weight is 314 g/mol. The zero-order valence-electron chi connectivity index (χ0n) is 11.2. The lowest BCUT2D eigenvalue weighted by atomic mass is 10.2. The molecule has 20 heavy (non-hydrogen) atoms. The van der Waals surface area contributed by atoms with Gasteiger partial charge >= 0.3 is 0 Å². The normalized spacial score (nSPS) is 22.8. The molecule has 2 aromatic rings. The Labute approximate surface area is 125 Å². The van der Waals surface area contributed by atoms with Gasteiger partial charge in [0.2, 0.25) is 0 Å². The Kier molecular flexibility index (Phi) is 3.86. The highest BCUT2D eigenvalue weighted by molar-refractivity contribution is 7.99. The minimum atomic E-state index is -0.821. The van der Waals surface area contributed by atoms with Gasteiger partial charge in [-0.15, -0.1) is 0 Å². The molecule has 2 unspecified atom stereocenters. The van der Waals surface area contributed by atoms with Crippen molar-refractivity contribution in [3.05, 3.63) is 28.5 Å². The van der Waals surface area contributed by atoms with Crippen LogP contribution in [0.15, 0.2) is 12.1 Å². The number of nitrogens with zero attached hydrogens (tertiary/aromatic N) is 1. The molecular formula is C14H16F2N2S2. The van der Waals surface area contributed by atoms with Crippen LogP contribution in [0.25, 0.3) is 11.0 Å². The molecule has 3 rings (SSSR count). The summed E-state index contributed by atoms with van der Waals surface area (Å²) < 4.78 is 30.0. The van der Waals surface area contributed by atoms with Crippen molar-refractivity contribution < 1.29 is 8.78 Å². The number of nitrogens with one attached hydrogen (secondary N) is 1. The highest BCUT2D eigenvalue weighted by Crippen LogP contribution is 2.40. The van der Waals surface area contributed by atoms with Crippen LogP contribution in [0.3, 0.4) is 0 Å². The van der Waals surface area contributed by atoms with E-state index in [1.165, 1.54) is 0 Å². The van der Waals surface area contributed by atoms with E-state index in [1.807, 2.05) is 11.8 Å². The predicted octanol–water partition coefficient (Wildman–Crippen LogP) is 4.82. The molecule has 1 heterocycles. The van der Waals surface area contributed by atoms with Gasteiger partial charge in [0, 0.05) is 11.3 Å². The summed E-state index contributed by atoms with van der Waals surface area (Å²) in [6.45, 7) is 2.12. The third-order valence-corrected chi connectivity index (χ3v) is 5.51. The maximum atomic E-state index is 14.2. The molecule has 2 nitrogen and oxygen atoms in total. The fourth-order valence-corrected chi connectivity index (χ4v) is 4.66. The Balaban J connectivity index is 2.18. The second-order valence-electron chi connectivity index (χ2n) is 5.05. The molecule has 0 spiro atoms.